The summed E-state index contributed by atoms with van der Waals surface area (Å²) in [5.41, 5.74) is 3.60. The topological polar surface area (TPSA) is 108 Å². The van der Waals surface area contributed by atoms with Crippen molar-refractivity contribution < 1.29 is 14.3 Å². The van der Waals surface area contributed by atoms with Crippen LogP contribution in [0.2, 0.25) is 0 Å². The standard InChI is InChI=1S/C33H43N7O3/c1-5-19-38(20-6-2)22-26-10-14-29(15-11-26)37-32(41)28-12-8-27(9-13-28)23-39(25(4)31-35-16-17-36-31)24-30-34-18-21-40(30)33(42)43-7-3/h8-18,21,25H,5-7,19-20,22-24H2,1-4H3,(H,35,36)(H,37,41). The van der Waals surface area contributed by atoms with Gasteiger partial charge >= 0.3 is 6.09 Å². The molecule has 10 nitrogen and oxygen atoms in total. The monoisotopic (exact) mass is 585 g/mol. The summed E-state index contributed by atoms with van der Waals surface area (Å²) in [5.74, 6) is 1.22. The lowest BCUT2D eigenvalue weighted by Gasteiger charge is -2.27. The van der Waals surface area contributed by atoms with Crippen LogP contribution in [-0.2, 0) is 24.4 Å². The van der Waals surface area contributed by atoms with Gasteiger partial charge in [-0.1, -0.05) is 38.1 Å². The highest BCUT2D eigenvalue weighted by atomic mass is 16.5. The fraction of sp³-hybridized carbons (Fsp3) is 0.394. The first-order valence-corrected chi connectivity index (χ1v) is 15.1. The molecule has 0 saturated heterocycles. The third-order valence-corrected chi connectivity index (χ3v) is 7.29. The number of nitrogens with zero attached hydrogens (tertiary/aromatic N) is 5. The molecule has 43 heavy (non-hydrogen) atoms. The lowest BCUT2D eigenvalue weighted by atomic mass is 10.1. The average molecular weight is 586 g/mol. The van der Waals surface area contributed by atoms with Crippen LogP contribution in [0.3, 0.4) is 0 Å². The van der Waals surface area contributed by atoms with Gasteiger partial charge in [0.05, 0.1) is 19.2 Å². The zero-order valence-corrected chi connectivity index (χ0v) is 25.6. The van der Waals surface area contributed by atoms with E-state index in [1.165, 1.54) is 10.1 Å². The first-order chi connectivity index (χ1) is 20.9. The number of benzene rings is 2. The van der Waals surface area contributed by atoms with Crippen molar-refractivity contribution in [3.63, 3.8) is 0 Å². The molecule has 1 atom stereocenters. The Kier molecular flexibility index (Phi) is 11.6. The molecular formula is C33H43N7O3. The van der Waals surface area contributed by atoms with Crippen molar-refractivity contribution in [1.29, 1.82) is 0 Å². The molecular weight excluding hydrogens is 542 g/mol. The maximum Gasteiger partial charge on any atom is 0.419 e. The third kappa shape index (κ3) is 8.86. The van der Waals surface area contributed by atoms with E-state index in [0.717, 1.165) is 49.6 Å². The second-order valence-corrected chi connectivity index (χ2v) is 10.6. The van der Waals surface area contributed by atoms with Crippen LogP contribution in [0.5, 0.6) is 0 Å². The molecule has 0 spiro atoms. The summed E-state index contributed by atoms with van der Waals surface area (Å²) in [7, 11) is 0. The van der Waals surface area contributed by atoms with Gasteiger partial charge in [0, 0.05) is 49.1 Å². The lowest BCUT2D eigenvalue weighted by molar-refractivity contribution is 0.102. The van der Waals surface area contributed by atoms with Gasteiger partial charge in [-0.3, -0.25) is 14.6 Å². The summed E-state index contributed by atoms with van der Waals surface area (Å²) in [5, 5.41) is 3.01. The van der Waals surface area contributed by atoms with Gasteiger partial charge < -0.3 is 15.0 Å². The van der Waals surface area contributed by atoms with Crippen molar-refractivity contribution in [3.8, 4) is 0 Å². The van der Waals surface area contributed by atoms with Crippen molar-refractivity contribution in [2.75, 3.05) is 25.0 Å². The quantitative estimate of drug-likeness (QED) is 0.170. The molecule has 0 fully saturated rings. The molecule has 1 unspecified atom stereocenters. The Morgan fingerprint density at radius 3 is 2.21 bits per heavy atom. The molecule has 0 bridgehead atoms. The number of hydrogen-bond acceptors (Lipinski definition) is 7. The first-order valence-electron chi connectivity index (χ1n) is 15.1. The predicted molar refractivity (Wildman–Crippen MR) is 168 cm³/mol. The zero-order valence-electron chi connectivity index (χ0n) is 25.6. The van der Waals surface area contributed by atoms with Gasteiger partial charge in [0.1, 0.15) is 11.6 Å². The molecule has 4 rings (SSSR count). The molecule has 0 aliphatic rings. The number of carbonyl (C=O) groups excluding carboxylic acids is 2. The minimum absolute atomic E-state index is 0.0932. The summed E-state index contributed by atoms with van der Waals surface area (Å²) >= 11 is 0. The number of aromatic amines is 1. The minimum atomic E-state index is -0.458. The number of rotatable bonds is 15. The Balaban J connectivity index is 1.41. The second kappa shape index (κ2) is 15.8. The Morgan fingerprint density at radius 2 is 1.58 bits per heavy atom. The van der Waals surface area contributed by atoms with Gasteiger partial charge in [-0.25, -0.2) is 19.3 Å². The molecule has 0 radical (unpaired) electrons. The van der Waals surface area contributed by atoms with E-state index in [1.807, 2.05) is 36.4 Å². The fourth-order valence-corrected chi connectivity index (χ4v) is 5.05. The molecule has 2 heterocycles. The van der Waals surface area contributed by atoms with Gasteiger partial charge in [-0.05, 0) is 75.2 Å². The molecule has 0 aliphatic heterocycles. The van der Waals surface area contributed by atoms with Gasteiger partial charge in [0.15, 0.2) is 0 Å². The predicted octanol–water partition coefficient (Wildman–Crippen LogP) is 6.25. The number of amides is 1. The minimum Gasteiger partial charge on any atom is -0.449 e. The van der Waals surface area contributed by atoms with Crippen LogP contribution in [-0.4, -0.2) is 61.0 Å². The number of aromatic nitrogens is 4. The van der Waals surface area contributed by atoms with Crippen LogP contribution < -0.4 is 5.32 Å². The van der Waals surface area contributed by atoms with E-state index in [0.29, 0.717) is 24.5 Å². The van der Waals surface area contributed by atoms with Crippen LogP contribution in [0, 0.1) is 0 Å². The van der Waals surface area contributed by atoms with E-state index >= 15 is 0 Å². The smallest absolute Gasteiger partial charge is 0.419 e. The molecule has 2 aromatic carbocycles. The Hall–Kier alpha value is -4.28. The van der Waals surface area contributed by atoms with Crippen LogP contribution in [0.15, 0.2) is 73.3 Å². The lowest BCUT2D eigenvalue weighted by Crippen LogP contribution is -2.29. The van der Waals surface area contributed by atoms with E-state index in [9.17, 15) is 9.59 Å². The molecule has 228 valence electrons. The fourth-order valence-electron chi connectivity index (χ4n) is 5.05. The largest absolute Gasteiger partial charge is 0.449 e. The summed E-state index contributed by atoms with van der Waals surface area (Å²) in [4.78, 5) is 42.1. The van der Waals surface area contributed by atoms with Crippen molar-refractivity contribution in [3.05, 3.63) is 102 Å². The Labute approximate surface area is 254 Å². The van der Waals surface area contributed by atoms with Crippen LogP contribution in [0.1, 0.15) is 79.7 Å². The summed E-state index contributed by atoms with van der Waals surface area (Å²) in [6, 6.07) is 15.6. The van der Waals surface area contributed by atoms with Crippen molar-refractivity contribution in [2.45, 2.75) is 66.2 Å². The van der Waals surface area contributed by atoms with Gasteiger partial charge in [-0.15, -0.1) is 0 Å². The normalized spacial score (nSPS) is 12.0. The van der Waals surface area contributed by atoms with E-state index in [4.69, 9.17) is 4.74 Å². The molecule has 4 aromatic rings. The molecule has 2 aromatic heterocycles. The average Bonchev–Trinajstić information content (AvgIpc) is 3.71. The number of hydrogen-bond donors (Lipinski definition) is 2. The Bertz CT molecular complexity index is 1410. The number of imidazole rings is 2. The number of anilines is 1. The van der Waals surface area contributed by atoms with E-state index in [2.05, 4.69) is 63.0 Å². The Morgan fingerprint density at radius 1 is 0.907 bits per heavy atom. The van der Waals surface area contributed by atoms with Gasteiger partial charge in [0.2, 0.25) is 0 Å². The van der Waals surface area contributed by atoms with E-state index in [1.54, 1.807) is 31.7 Å². The third-order valence-electron chi connectivity index (χ3n) is 7.29. The molecule has 0 saturated carbocycles. The van der Waals surface area contributed by atoms with Crippen LogP contribution in [0.4, 0.5) is 10.5 Å². The second-order valence-electron chi connectivity index (χ2n) is 10.6. The van der Waals surface area contributed by atoms with E-state index < -0.39 is 6.09 Å². The zero-order chi connectivity index (χ0) is 30.6. The molecule has 1 amide bonds. The highest BCUT2D eigenvalue weighted by Crippen LogP contribution is 2.23. The molecule has 0 aliphatic carbocycles. The van der Waals surface area contributed by atoms with Crippen LogP contribution in [0.25, 0.3) is 0 Å². The number of carbonyl (C=O) groups is 2. The highest BCUT2D eigenvalue weighted by Gasteiger charge is 2.22. The maximum atomic E-state index is 13.0. The molecule has 10 heteroatoms. The number of ether oxygens (including phenoxy) is 1. The van der Waals surface area contributed by atoms with Crippen molar-refractivity contribution >= 4 is 17.7 Å². The highest BCUT2D eigenvalue weighted by molar-refractivity contribution is 6.04. The number of nitrogens with one attached hydrogen (secondary N) is 2. The molecule has 2 N–H and O–H groups in total. The van der Waals surface area contributed by atoms with Crippen molar-refractivity contribution in [2.24, 2.45) is 0 Å². The van der Waals surface area contributed by atoms with E-state index in [-0.39, 0.29) is 18.6 Å². The van der Waals surface area contributed by atoms with Gasteiger partial charge in [0.25, 0.3) is 5.91 Å². The summed E-state index contributed by atoms with van der Waals surface area (Å²) < 4.78 is 6.61. The first kappa shape index (κ1) is 31.7. The van der Waals surface area contributed by atoms with Crippen LogP contribution >= 0.6 is 0 Å². The maximum absolute atomic E-state index is 13.0. The summed E-state index contributed by atoms with van der Waals surface area (Å²) in [6.45, 7) is 12.5. The van der Waals surface area contributed by atoms with Crippen molar-refractivity contribution in [1.82, 2.24) is 29.3 Å². The van der Waals surface area contributed by atoms with Gasteiger partial charge in [-0.2, -0.15) is 0 Å². The SMILES string of the molecule is CCCN(CCC)Cc1ccc(NC(=O)c2ccc(CN(Cc3nccn3C(=O)OCC)C(C)c3ncc[nH]3)cc2)cc1. The summed E-state index contributed by atoms with van der Waals surface area (Å²) in [6.07, 6.45) is 8.52. The number of H-pyrrole nitrogens is 1.